The Bertz CT molecular complexity index is 1010. The van der Waals surface area contributed by atoms with E-state index in [1.54, 1.807) is 11.3 Å². The van der Waals surface area contributed by atoms with Crippen molar-refractivity contribution in [1.29, 1.82) is 0 Å². The molecular formula is C18H23N5O2S. The van der Waals surface area contributed by atoms with Crippen LogP contribution in [0.15, 0.2) is 22.3 Å². The molecule has 0 atom stereocenters. The van der Waals surface area contributed by atoms with Gasteiger partial charge in [0.25, 0.3) is 5.56 Å². The van der Waals surface area contributed by atoms with Gasteiger partial charge in [0.2, 0.25) is 5.91 Å². The van der Waals surface area contributed by atoms with E-state index in [4.69, 9.17) is 0 Å². The molecule has 0 saturated carbocycles. The van der Waals surface area contributed by atoms with Crippen molar-refractivity contribution in [3.63, 3.8) is 0 Å². The molecule has 0 aromatic carbocycles. The van der Waals surface area contributed by atoms with Gasteiger partial charge in [-0.05, 0) is 37.4 Å². The maximum absolute atomic E-state index is 12.8. The van der Waals surface area contributed by atoms with E-state index in [0.717, 1.165) is 49.4 Å². The van der Waals surface area contributed by atoms with Crippen LogP contribution in [0.1, 0.15) is 19.2 Å². The van der Waals surface area contributed by atoms with Crippen LogP contribution >= 0.6 is 11.3 Å². The highest BCUT2D eigenvalue weighted by atomic mass is 32.1. The van der Waals surface area contributed by atoms with Crippen molar-refractivity contribution < 1.29 is 4.79 Å². The number of rotatable bonds is 4. The van der Waals surface area contributed by atoms with Gasteiger partial charge in [0.1, 0.15) is 17.9 Å². The molecule has 0 radical (unpaired) electrons. The summed E-state index contributed by atoms with van der Waals surface area (Å²) in [7, 11) is 0. The molecule has 0 unspecified atom stereocenters. The summed E-state index contributed by atoms with van der Waals surface area (Å²) in [6, 6.07) is 3.88. The van der Waals surface area contributed by atoms with E-state index < -0.39 is 0 Å². The predicted octanol–water partition coefficient (Wildman–Crippen LogP) is 1.57. The Labute approximate surface area is 155 Å². The number of fused-ring (bicyclic) bond motifs is 3. The molecule has 0 bridgehead atoms. The zero-order valence-electron chi connectivity index (χ0n) is 15.1. The quantitative estimate of drug-likeness (QED) is 0.697. The molecule has 1 amide bonds. The van der Waals surface area contributed by atoms with Crippen LogP contribution < -0.4 is 5.56 Å². The van der Waals surface area contributed by atoms with Gasteiger partial charge in [-0.25, -0.2) is 4.68 Å². The lowest BCUT2D eigenvalue weighted by Crippen LogP contribution is -2.50. The number of piperazine rings is 1. The molecule has 0 aliphatic carbocycles. The van der Waals surface area contributed by atoms with E-state index in [-0.39, 0.29) is 18.0 Å². The Morgan fingerprint density at radius 2 is 2.00 bits per heavy atom. The summed E-state index contributed by atoms with van der Waals surface area (Å²) in [5.74, 6) is 0.682. The third-order valence-corrected chi connectivity index (χ3v) is 5.87. The Kier molecular flexibility index (Phi) is 4.54. The first-order chi connectivity index (χ1) is 12.6. The van der Waals surface area contributed by atoms with Crippen LogP contribution in [0.3, 0.4) is 0 Å². The molecule has 7 nitrogen and oxygen atoms in total. The zero-order valence-corrected chi connectivity index (χ0v) is 16.0. The summed E-state index contributed by atoms with van der Waals surface area (Å²) in [6.07, 6.45) is 1.13. The molecule has 138 valence electrons. The molecule has 3 aromatic rings. The van der Waals surface area contributed by atoms with Gasteiger partial charge in [-0.2, -0.15) is 5.10 Å². The standard InChI is InChI=1S/C18H23N5O2S/c1-3-5-20-6-8-21(9-7-20)17(24)12-22-18(25)15-11-16-14(4-10-26-16)23(15)13(2)19-22/h4,10-11H,3,5-9,12H2,1-2H3. The Hall–Kier alpha value is -2.19. The number of nitrogens with zero attached hydrogens (tertiary/aromatic N) is 5. The fourth-order valence-electron chi connectivity index (χ4n) is 3.70. The minimum Gasteiger partial charge on any atom is -0.339 e. The van der Waals surface area contributed by atoms with Crippen LogP contribution in [0.2, 0.25) is 0 Å². The fraction of sp³-hybridized carbons (Fsp3) is 0.500. The third-order valence-electron chi connectivity index (χ3n) is 5.02. The molecule has 4 rings (SSSR count). The molecule has 1 fully saturated rings. The molecule has 1 aliphatic heterocycles. The molecule has 1 aliphatic rings. The number of hydrogen-bond donors (Lipinski definition) is 0. The number of aromatic nitrogens is 3. The molecular weight excluding hydrogens is 350 g/mol. The maximum Gasteiger partial charge on any atom is 0.291 e. The number of thiophene rings is 1. The highest BCUT2D eigenvalue weighted by Crippen LogP contribution is 2.24. The number of hydrogen-bond acceptors (Lipinski definition) is 5. The average molecular weight is 373 g/mol. The SMILES string of the molecule is CCCN1CCN(C(=O)Cn2nc(C)n3c(cc4sccc43)c2=O)CC1. The first-order valence-corrected chi connectivity index (χ1v) is 9.93. The van der Waals surface area contributed by atoms with Gasteiger partial charge in [-0.15, -0.1) is 11.3 Å². The average Bonchev–Trinajstić information content (AvgIpc) is 3.21. The summed E-state index contributed by atoms with van der Waals surface area (Å²) in [5.41, 5.74) is 1.37. The van der Waals surface area contributed by atoms with Gasteiger partial charge in [-0.3, -0.25) is 18.9 Å². The van der Waals surface area contributed by atoms with Gasteiger partial charge < -0.3 is 4.90 Å². The second-order valence-corrected chi connectivity index (χ2v) is 7.72. The van der Waals surface area contributed by atoms with Crippen LogP contribution in [0, 0.1) is 6.92 Å². The lowest BCUT2D eigenvalue weighted by atomic mass is 10.3. The summed E-state index contributed by atoms with van der Waals surface area (Å²) >= 11 is 1.60. The van der Waals surface area contributed by atoms with Crippen molar-refractivity contribution in [2.75, 3.05) is 32.7 Å². The molecule has 4 heterocycles. The van der Waals surface area contributed by atoms with Crippen LogP contribution in [0.5, 0.6) is 0 Å². The maximum atomic E-state index is 12.8. The van der Waals surface area contributed by atoms with E-state index in [1.165, 1.54) is 4.68 Å². The molecule has 3 aromatic heterocycles. The highest BCUT2D eigenvalue weighted by molar-refractivity contribution is 7.17. The van der Waals surface area contributed by atoms with E-state index >= 15 is 0 Å². The summed E-state index contributed by atoms with van der Waals surface area (Å²) < 4.78 is 4.25. The lowest BCUT2D eigenvalue weighted by Gasteiger charge is -2.34. The third kappa shape index (κ3) is 2.93. The monoisotopic (exact) mass is 373 g/mol. The Morgan fingerprint density at radius 1 is 1.23 bits per heavy atom. The summed E-state index contributed by atoms with van der Waals surface area (Å²) in [5, 5.41) is 6.40. The Morgan fingerprint density at radius 3 is 2.73 bits per heavy atom. The van der Waals surface area contributed by atoms with Crippen LogP contribution in [-0.2, 0) is 11.3 Å². The van der Waals surface area contributed by atoms with Gasteiger partial charge in [0.05, 0.1) is 10.2 Å². The molecule has 26 heavy (non-hydrogen) atoms. The van der Waals surface area contributed by atoms with Crippen molar-refractivity contribution >= 4 is 33.0 Å². The topological polar surface area (TPSA) is 62.9 Å². The second-order valence-electron chi connectivity index (χ2n) is 6.77. The van der Waals surface area contributed by atoms with Gasteiger partial charge in [-0.1, -0.05) is 6.92 Å². The van der Waals surface area contributed by atoms with Gasteiger partial charge in [0.15, 0.2) is 0 Å². The second kappa shape index (κ2) is 6.85. The molecule has 0 spiro atoms. The van der Waals surface area contributed by atoms with E-state index in [1.807, 2.05) is 33.7 Å². The van der Waals surface area contributed by atoms with Crippen molar-refractivity contribution in [1.82, 2.24) is 24.0 Å². The number of carbonyl (C=O) groups excluding carboxylic acids is 1. The molecule has 0 N–H and O–H groups in total. The fourth-order valence-corrected chi connectivity index (χ4v) is 4.50. The van der Waals surface area contributed by atoms with Gasteiger partial charge >= 0.3 is 0 Å². The van der Waals surface area contributed by atoms with Crippen LogP contribution in [-0.4, -0.2) is 62.6 Å². The largest absolute Gasteiger partial charge is 0.339 e. The zero-order chi connectivity index (χ0) is 18.3. The molecule has 8 heteroatoms. The van der Waals surface area contributed by atoms with E-state index in [0.29, 0.717) is 11.3 Å². The normalized spacial score (nSPS) is 16.0. The highest BCUT2D eigenvalue weighted by Gasteiger charge is 2.22. The molecule has 1 saturated heterocycles. The van der Waals surface area contributed by atoms with Crippen LogP contribution in [0.25, 0.3) is 15.7 Å². The smallest absolute Gasteiger partial charge is 0.291 e. The number of amides is 1. The van der Waals surface area contributed by atoms with Crippen molar-refractivity contribution in [3.05, 3.63) is 33.7 Å². The van der Waals surface area contributed by atoms with E-state index in [9.17, 15) is 9.59 Å². The first-order valence-electron chi connectivity index (χ1n) is 9.05. The predicted molar refractivity (Wildman–Crippen MR) is 103 cm³/mol. The van der Waals surface area contributed by atoms with Crippen molar-refractivity contribution in [3.8, 4) is 0 Å². The first kappa shape index (κ1) is 17.2. The number of carbonyl (C=O) groups is 1. The summed E-state index contributed by atoms with van der Waals surface area (Å²) in [4.78, 5) is 29.7. The minimum atomic E-state index is -0.211. The van der Waals surface area contributed by atoms with E-state index in [2.05, 4.69) is 16.9 Å². The number of aryl methyl sites for hydroxylation is 1. The lowest BCUT2D eigenvalue weighted by molar-refractivity contribution is -0.133. The van der Waals surface area contributed by atoms with Crippen molar-refractivity contribution in [2.24, 2.45) is 0 Å². The summed E-state index contributed by atoms with van der Waals surface area (Å²) in [6.45, 7) is 8.34. The van der Waals surface area contributed by atoms with Gasteiger partial charge in [0, 0.05) is 26.2 Å². The minimum absolute atomic E-state index is 0.00276. The Balaban J connectivity index is 1.57. The van der Waals surface area contributed by atoms with Crippen molar-refractivity contribution in [2.45, 2.75) is 26.8 Å². The van der Waals surface area contributed by atoms with Crippen LogP contribution in [0.4, 0.5) is 0 Å².